The average Bonchev–Trinajstić information content (AvgIpc) is 2.99. The Kier molecular flexibility index (Phi) is 5.28. The third kappa shape index (κ3) is 3.19. The van der Waals surface area contributed by atoms with Gasteiger partial charge in [-0.25, -0.2) is 4.79 Å². The molecule has 0 saturated heterocycles. The summed E-state index contributed by atoms with van der Waals surface area (Å²) in [6.45, 7) is 1.77. The molecule has 1 amide bonds. The Morgan fingerprint density at radius 3 is 2.26 bits per heavy atom. The Morgan fingerprint density at radius 1 is 0.963 bits per heavy atom. The molecule has 1 aliphatic heterocycles. The molecule has 0 bridgehead atoms. The highest BCUT2D eigenvalue weighted by molar-refractivity contribution is 6.37. The van der Waals surface area contributed by atoms with E-state index in [0.717, 1.165) is 5.56 Å². The van der Waals surface area contributed by atoms with Gasteiger partial charge < -0.3 is 14.2 Å². The van der Waals surface area contributed by atoms with Crippen molar-refractivity contribution in [2.24, 2.45) is 0 Å². The Balaban J connectivity index is 2.26. The lowest BCUT2D eigenvalue weighted by atomic mass is 10.0. The van der Waals surface area contributed by atoms with Crippen LogP contribution in [0.2, 0.25) is 0 Å². The molecule has 0 radical (unpaired) electrons. The maximum absolute atomic E-state index is 13.3. The number of ether oxygens (including phenoxy) is 3. The van der Waals surface area contributed by atoms with E-state index in [9.17, 15) is 9.59 Å². The molecule has 0 N–H and O–H groups in total. The molecule has 1 heterocycles. The molecule has 1 aliphatic rings. The Hall–Kier alpha value is -3.12. The highest BCUT2D eigenvalue weighted by atomic mass is 16.5. The molecule has 0 saturated carbocycles. The lowest BCUT2D eigenvalue weighted by Crippen LogP contribution is -2.37. The maximum atomic E-state index is 13.3. The number of rotatable bonds is 5. The lowest BCUT2D eigenvalue weighted by Gasteiger charge is -2.24. The van der Waals surface area contributed by atoms with Gasteiger partial charge in [-0.15, -0.1) is 0 Å². The van der Waals surface area contributed by atoms with Crippen LogP contribution >= 0.6 is 0 Å². The third-order valence-electron chi connectivity index (χ3n) is 4.55. The predicted octanol–water partition coefficient (Wildman–Crippen LogP) is 3.33. The number of anilines is 1. The van der Waals surface area contributed by atoms with E-state index in [1.54, 1.807) is 25.1 Å². The topological polar surface area (TPSA) is 65.1 Å². The first kappa shape index (κ1) is 18.7. The molecule has 1 atom stereocenters. The van der Waals surface area contributed by atoms with Crippen molar-refractivity contribution in [2.75, 3.05) is 26.2 Å². The van der Waals surface area contributed by atoms with Crippen LogP contribution < -0.4 is 4.90 Å². The van der Waals surface area contributed by atoms with Crippen molar-refractivity contribution >= 4 is 28.9 Å². The standard InChI is InChI=1S/C21H21NO5/c1-13(25-2)22-17-12-15(21(24)27-4)10-11-16(17)18(20(22)23)19(26-3)14-8-6-5-7-9-14/h5-13H,1-4H3/b19-18+. The number of fused-ring (bicyclic) bond motifs is 1. The highest BCUT2D eigenvalue weighted by Crippen LogP contribution is 2.42. The van der Waals surface area contributed by atoms with Crippen LogP contribution in [0.3, 0.4) is 0 Å². The largest absolute Gasteiger partial charge is 0.495 e. The summed E-state index contributed by atoms with van der Waals surface area (Å²) in [5.74, 6) is -0.247. The molecule has 0 aromatic heterocycles. The summed E-state index contributed by atoms with van der Waals surface area (Å²) in [5.41, 5.74) is 2.84. The van der Waals surface area contributed by atoms with Crippen LogP contribution in [0.15, 0.2) is 48.5 Å². The van der Waals surface area contributed by atoms with E-state index in [1.165, 1.54) is 26.2 Å². The lowest BCUT2D eigenvalue weighted by molar-refractivity contribution is -0.115. The zero-order chi connectivity index (χ0) is 19.6. The molecular formula is C21H21NO5. The smallest absolute Gasteiger partial charge is 0.337 e. The Labute approximate surface area is 158 Å². The van der Waals surface area contributed by atoms with E-state index in [1.807, 2.05) is 30.3 Å². The number of esters is 1. The van der Waals surface area contributed by atoms with E-state index < -0.39 is 12.2 Å². The zero-order valence-electron chi connectivity index (χ0n) is 15.7. The second kappa shape index (κ2) is 7.63. The Bertz CT molecular complexity index is 904. The normalized spacial score (nSPS) is 16.0. The summed E-state index contributed by atoms with van der Waals surface area (Å²) in [5, 5.41) is 0. The fourth-order valence-corrected chi connectivity index (χ4v) is 3.17. The van der Waals surface area contributed by atoms with E-state index in [2.05, 4.69) is 0 Å². The molecule has 6 heteroatoms. The molecule has 0 aliphatic carbocycles. The number of nitrogens with zero attached hydrogens (tertiary/aromatic N) is 1. The van der Waals surface area contributed by atoms with E-state index in [0.29, 0.717) is 28.1 Å². The summed E-state index contributed by atoms with van der Waals surface area (Å²) >= 11 is 0. The van der Waals surface area contributed by atoms with Gasteiger partial charge >= 0.3 is 5.97 Å². The van der Waals surface area contributed by atoms with Gasteiger partial charge in [0.15, 0.2) is 0 Å². The maximum Gasteiger partial charge on any atom is 0.337 e. The molecule has 27 heavy (non-hydrogen) atoms. The first-order valence-electron chi connectivity index (χ1n) is 8.46. The first-order valence-corrected chi connectivity index (χ1v) is 8.46. The Morgan fingerprint density at radius 2 is 1.67 bits per heavy atom. The molecular weight excluding hydrogens is 346 g/mol. The van der Waals surface area contributed by atoms with Crippen molar-refractivity contribution in [1.82, 2.24) is 0 Å². The summed E-state index contributed by atoms with van der Waals surface area (Å²) < 4.78 is 15.8. The third-order valence-corrected chi connectivity index (χ3v) is 4.55. The molecule has 2 aromatic carbocycles. The van der Waals surface area contributed by atoms with Gasteiger partial charge in [0, 0.05) is 18.2 Å². The highest BCUT2D eigenvalue weighted by Gasteiger charge is 2.39. The van der Waals surface area contributed by atoms with Gasteiger partial charge in [0.1, 0.15) is 12.0 Å². The number of carbonyl (C=O) groups excluding carboxylic acids is 2. The molecule has 3 rings (SSSR count). The van der Waals surface area contributed by atoms with Crippen molar-refractivity contribution < 1.29 is 23.8 Å². The molecule has 2 aromatic rings. The van der Waals surface area contributed by atoms with Crippen LogP contribution in [0.4, 0.5) is 5.69 Å². The van der Waals surface area contributed by atoms with Crippen LogP contribution in [-0.2, 0) is 19.0 Å². The second-order valence-electron chi connectivity index (χ2n) is 6.01. The zero-order valence-corrected chi connectivity index (χ0v) is 15.7. The van der Waals surface area contributed by atoms with Crippen LogP contribution in [0.1, 0.15) is 28.4 Å². The summed E-state index contributed by atoms with van der Waals surface area (Å²) in [4.78, 5) is 26.7. The first-order chi connectivity index (χ1) is 13.0. The van der Waals surface area contributed by atoms with Crippen molar-refractivity contribution in [3.05, 3.63) is 65.2 Å². The van der Waals surface area contributed by atoms with Gasteiger partial charge in [0.05, 0.1) is 31.0 Å². The molecule has 0 fully saturated rings. The van der Waals surface area contributed by atoms with Gasteiger partial charge in [0.25, 0.3) is 5.91 Å². The summed E-state index contributed by atoms with van der Waals surface area (Å²) in [7, 11) is 4.38. The quantitative estimate of drug-likeness (QED) is 0.461. The summed E-state index contributed by atoms with van der Waals surface area (Å²) in [6.07, 6.45) is -0.518. The van der Waals surface area contributed by atoms with E-state index in [-0.39, 0.29) is 5.91 Å². The summed E-state index contributed by atoms with van der Waals surface area (Å²) in [6, 6.07) is 14.4. The van der Waals surface area contributed by atoms with Crippen molar-refractivity contribution in [3.8, 4) is 0 Å². The number of hydrogen-bond acceptors (Lipinski definition) is 5. The fourth-order valence-electron chi connectivity index (χ4n) is 3.17. The van der Waals surface area contributed by atoms with E-state index >= 15 is 0 Å². The van der Waals surface area contributed by atoms with Crippen molar-refractivity contribution in [1.29, 1.82) is 0 Å². The SMILES string of the molecule is COC(=O)c1ccc2c(c1)N(C(C)OC)C(=O)/C2=C(/OC)c1ccccc1. The molecule has 1 unspecified atom stereocenters. The second-order valence-corrected chi connectivity index (χ2v) is 6.01. The van der Waals surface area contributed by atoms with Gasteiger partial charge in [0.2, 0.25) is 0 Å². The molecule has 6 nitrogen and oxygen atoms in total. The van der Waals surface area contributed by atoms with Gasteiger partial charge in [-0.05, 0) is 19.1 Å². The van der Waals surface area contributed by atoms with Crippen molar-refractivity contribution in [2.45, 2.75) is 13.2 Å². The van der Waals surface area contributed by atoms with Crippen LogP contribution in [0, 0.1) is 0 Å². The van der Waals surface area contributed by atoms with Crippen LogP contribution in [0.25, 0.3) is 11.3 Å². The molecule has 0 spiro atoms. The van der Waals surface area contributed by atoms with Crippen LogP contribution in [-0.4, -0.2) is 39.4 Å². The fraction of sp³-hybridized carbons (Fsp3) is 0.238. The molecule has 140 valence electrons. The minimum atomic E-state index is -0.518. The monoisotopic (exact) mass is 367 g/mol. The van der Waals surface area contributed by atoms with Gasteiger partial charge in [-0.2, -0.15) is 0 Å². The minimum absolute atomic E-state index is 0.248. The average molecular weight is 367 g/mol. The van der Waals surface area contributed by atoms with Crippen LogP contribution in [0.5, 0.6) is 0 Å². The number of amides is 1. The minimum Gasteiger partial charge on any atom is -0.495 e. The predicted molar refractivity (Wildman–Crippen MR) is 102 cm³/mol. The number of carbonyl (C=O) groups is 2. The number of benzene rings is 2. The van der Waals surface area contributed by atoms with E-state index in [4.69, 9.17) is 14.2 Å². The number of methoxy groups -OCH3 is 3. The van der Waals surface area contributed by atoms with Gasteiger partial charge in [-0.3, -0.25) is 9.69 Å². The number of hydrogen-bond donors (Lipinski definition) is 0. The van der Waals surface area contributed by atoms with Gasteiger partial charge in [-0.1, -0.05) is 36.4 Å². The van der Waals surface area contributed by atoms with Crippen molar-refractivity contribution in [3.63, 3.8) is 0 Å².